The first-order valence-electron chi connectivity index (χ1n) is 7.51. The molecule has 0 bridgehead atoms. The Morgan fingerprint density at radius 3 is 2.85 bits per heavy atom. The Balaban J connectivity index is 2.03. The van der Waals surface area contributed by atoms with Crippen LogP contribution >= 0.6 is 0 Å². The maximum atomic E-state index is 11.9. The molecule has 1 aromatic heterocycles. The Labute approximate surface area is 120 Å². The molecule has 0 unspecified atom stereocenters. The van der Waals surface area contributed by atoms with E-state index in [-0.39, 0.29) is 5.97 Å². The molecule has 1 N–H and O–H groups in total. The smallest absolute Gasteiger partial charge is 0.341 e. The minimum Gasteiger partial charge on any atom is -0.462 e. The number of hydrogen-bond acceptors (Lipinski definition) is 4. The molecule has 110 valence electrons. The number of nitrogens with zero attached hydrogens (tertiary/aromatic N) is 1. The number of ether oxygens (including phenoxy) is 1. The molecule has 1 aliphatic rings. The fourth-order valence-corrected chi connectivity index (χ4v) is 2.80. The van der Waals surface area contributed by atoms with Crippen LogP contribution in [0.2, 0.25) is 0 Å². The van der Waals surface area contributed by atoms with E-state index in [4.69, 9.17) is 4.74 Å². The lowest BCUT2D eigenvalue weighted by Gasteiger charge is -2.34. The van der Waals surface area contributed by atoms with Crippen molar-refractivity contribution < 1.29 is 9.53 Å². The SMILES string of the molecule is CCOC(=O)c1cccnc1NCC1(C)CCCCC1. The average molecular weight is 276 g/mol. The topological polar surface area (TPSA) is 51.2 Å². The van der Waals surface area contributed by atoms with Crippen molar-refractivity contribution in [2.24, 2.45) is 5.41 Å². The van der Waals surface area contributed by atoms with Gasteiger partial charge in [-0.05, 0) is 37.3 Å². The highest BCUT2D eigenvalue weighted by Gasteiger charge is 2.27. The summed E-state index contributed by atoms with van der Waals surface area (Å²) in [4.78, 5) is 16.2. The normalized spacial score (nSPS) is 17.5. The summed E-state index contributed by atoms with van der Waals surface area (Å²) in [6.07, 6.45) is 8.11. The molecular formula is C16H24N2O2. The van der Waals surface area contributed by atoms with Gasteiger partial charge in [0, 0.05) is 12.7 Å². The quantitative estimate of drug-likeness (QED) is 0.834. The molecule has 0 saturated heterocycles. The van der Waals surface area contributed by atoms with Gasteiger partial charge in [0.05, 0.1) is 6.61 Å². The van der Waals surface area contributed by atoms with E-state index in [2.05, 4.69) is 17.2 Å². The summed E-state index contributed by atoms with van der Waals surface area (Å²) in [5, 5.41) is 3.35. The Bertz CT molecular complexity index is 454. The van der Waals surface area contributed by atoms with Gasteiger partial charge in [-0.2, -0.15) is 0 Å². The van der Waals surface area contributed by atoms with Crippen LogP contribution in [0.25, 0.3) is 0 Å². The van der Waals surface area contributed by atoms with Gasteiger partial charge in [0.25, 0.3) is 0 Å². The van der Waals surface area contributed by atoms with Gasteiger partial charge in [-0.25, -0.2) is 9.78 Å². The molecule has 1 saturated carbocycles. The van der Waals surface area contributed by atoms with Gasteiger partial charge in [-0.1, -0.05) is 26.2 Å². The second-order valence-corrected chi connectivity index (χ2v) is 5.84. The van der Waals surface area contributed by atoms with Gasteiger partial charge in [0.2, 0.25) is 0 Å². The van der Waals surface area contributed by atoms with Crippen molar-refractivity contribution >= 4 is 11.8 Å². The first-order chi connectivity index (χ1) is 9.64. The van der Waals surface area contributed by atoms with Crippen LogP contribution in [0, 0.1) is 5.41 Å². The van der Waals surface area contributed by atoms with Gasteiger partial charge < -0.3 is 10.1 Å². The van der Waals surface area contributed by atoms with Gasteiger partial charge in [0.15, 0.2) is 0 Å². The van der Waals surface area contributed by atoms with Crippen LogP contribution in [0.4, 0.5) is 5.82 Å². The Morgan fingerprint density at radius 1 is 1.40 bits per heavy atom. The van der Waals surface area contributed by atoms with Crippen LogP contribution < -0.4 is 5.32 Å². The van der Waals surface area contributed by atoms with Crippen molar-refractivity contribution in [3.05, 3.63) is 23.9 Å². The zero-order valence-corrected chi connectivity index (χ0v) is 12.4. The molecule has 1 fully saturated rings. The minimum atomic E-state index is -0.308. The van der Waals surface area contributed by atoms with Crippen LogP contribution in [0.5, 0.6) is 0 Å². The summed E-state index contributed by atoms with van der Waals surface area (Å²) in [5.41, 5.74) is 0.829. The van der Waals surface area contributed by atoms with Crippen molar-refractivity contribution in [3.63, 3.8) is 0 Å². The van der Waals surface area contributed by atoms with E-state index in [1.165, 1.54) is 32.1 Å². The molecule has 1 heterocycles. The van der Waals surface area contributed by atoms with Crippen molar-refractivity contribution in [2.45, 2.75) is 46.0 Å². The zero-order valence-electron chi connectivity index (χ0n) is 12.4. The van der Waals surface area contributed by atoms with E-state index in [0.717, 1.165) is 6.54 Å². The van der Waals surface area contributed by atoms with E-state index in [1.54, 1.807) is 18.3 Å². The van der Waals surface area contributed by atoms with E-state index >= 15 is 0 Å². The molecule has 2 rings (SSSR count). The number of esters is 1. The highest BCUT2D eigenvalue weighted by molar-refractivity contribution is 5.94. The molecule has 1 aliphatic carbocycles. The maximum Gasteiger partial charge on any atom is 0.341 e. The monoisotopic (exact) mass is 276 g/mol. The summed E-state index contributed by atoms with van der Waals surface area (Å²) in [6, 6.07) is 3.52. The predicted octanol–water partition coefficient (Wildman–Crippen LogP) is 3.64. The number of pyridine rings is 1. The van der Waals surface area contributed by atoms with Crippen LogP contribution in [0.15, 0.2) is 18.3 Å². The molecule has 0 amide bonds. The molecule has 4 heteroatoms. The average Bonchev–Trinajstić information content (AvgIpc) is 2.47. The fourth-order valence-electron chi connectivity index (χ4n) is 2.80. The lowest BCUT2D eigenvalue weighted by Crippen LogP contribution is -2.29. The first kappa shape index (κ1) is 14.8. The third-order valence-corrected chi connectivity index (χ3v) is 4.05. The maximum absolute atomic E-state index is 11.9. The number of anilines is 1. The van der Waals surface area contributed by atoms with Gasteiger partial charge in [0.1, 0.15) is 11.4 Å². The molecule has 0 spiro atoms. The fraction of sp³-hybridized carbons (Fsp3) is 0.625. The second-order valence-electron chi connectivity index (χ2n) is 5.84. The number of nitrogens with one attached hydrogen (secondary N) is 1. The third-order valence-electron chi connectivity index (χ3n) is 4.05. The van der Waals surface area contributed by atoms with Crippen LogP contribution in [-0.2, 0) is 4.74 Å². The van der Waals surface area contributed by atoms with E-state index in [1.807, 2.05) is 6.92 Å². The van der Waals surface area contributed by atoms with Crippen molar-refractivity contribution in [3.8, 4) is 0 Å². The van der Waals surface area contributed by atoms with Gasteiger partial charge in [-0.3, -0.25) is 0 Å². The molecule has 0 atom stereocenters. The summed E-state index contributed by atoms with van der Waals surface area (Å²) in [7, 11) is 0. The molecule has 0 aliphatic heterocycles. The van der Waals surface area contributed by atoms with Gasteiger partial charge in [-0.15, -0.1) is 0 Å². The molecule has 0 radical (unpaired) electrons. The molecule has 0 aromatic carbocycles. The summed E-state index contributed by atoms with van der Waals surface area (Å²) in [5.74, 6) is 0.328. The van der Waals surface area contributed by atoms with Crippen molar-refractivity contribution in [2.75, 3.05) is 18.5 Å². The highest BCUT2D eigenvalue weighted by Crippen LogP contribution is 2.35. The number of carbonyl (C=O) groups excluding carboxylic acids is 1. The first-order valence-corrected chi connectivity index (χ1v) is 7.51. The van der Waals surface area contributed by atoms with Crippen LogP contribution in [-0.4, -0.2) is 24.1 Å². The number of aromatic nitrogens is 1. The lowest BCUT2D eigenvalue weighted by atomic mass is 9.76. The van der Waals surface area contributed by atoms with Crippen LogP contribution in [0.1, 0.15) is 56.3 Å². The molecule has 1 aromatic rings. The van der Waals surface area contributed by atoms with Gasteiger partial charge >= 0.3 is 5.97 Å². The molecule has 4 nitrogen and oxygen atoms in total. The summed E-state index contributed by atoms with van der Waals surface area (Å²) >= 11 is 0. The van der Waals surface area contributed by atoms with Crippen molar-refractivity contribution in [1.29, 1.82) is 0 Å². The highest BCUT2D eigenvalue weighted by atomic mass is 16.5. The van der Waals surface area contributed by atoms with E-state index in [9.17, 15) is 4.79 Å². The Kier molecular flexibility index (Phi) is 4.99. The minimum absolute atomic E-state index is 0.307. The number of rotatable bonds is 5. The largest absolute Gasteiger partial charge is 0.462 e. The zero-order chi connectivity index (χ0) is 14.4. The lowest BCUT2D eigenvalue weighted by molar-refractivity contribution is 0.0527. The predicted molar refractivity (Wildman–Crippen MR) is 79.9 cm³/mol. The Morgan fingerprint density at radius 2 is 2.15 bits per heavy atom. The van der Waals surface area contributed by atoms with Crippen molar-refractivity contribution in [1.82, 2.24) is 4.98 Å². The molecular weight excluding hydrogens is 252 g/mol. The second kappa shape index (κ2) is 6.73. The van der Waals surface area contributed by atoms with Crippen LogP contribution in [0.3, 0.4) is 0 Å². The summed E-state index contributed by atoms with van der Waals surface area (Å²) < 4.78 is 5.07. The number of hydrogen-bond donors (Lipinski definition) is 1. The third kappa shape index (κ3) is 3.71. The van der Waals surface area contributed by atoms with E-state index < -0.39 is 0 Å². The standard InChI is InChI=1S/C16H24N2O2/c1-3-20-15(19)13-8-7-11-17-14(13)18-12-16(2)9-5-4-6-10-16/h7-8,11H,3-6,9-10,12H2,1-2H3,(H,17,18). The molecule has 20 heavy (non-hydrogen) atoms. The number of carbonyl (C=O) groups is 1. The Hall–Kier alpha value is -1.58. The van der Waals surface area contributed by atoms with E-state index in [0.29, 0.717) is 23.4 Å². The summed E-state index contributed by atoms with van der Waals surface area (Å²) in [6.45, 7) is 5.36.